The largest absolute Gasteiger partial charge is 0.127 e. The molecule has 1 aromatic heterocycles. The number of halogens is 1. The molecule has 0 saturated carbocycles. The van der Waals surface area contributed by atoms with Crippen LogP contribution in [0.1, 0.15) is 0 Å². The summed E-state index contributed by atoms with van der Waals surface area (Å²) in [4.78, 5) is 1.17. The lowest BCUT2D eigenvalue weighted by Crippen LogP contribution is -1.73. The second-order valence-electron chi connectivity index (χ2n) is 3.94. The van der Waals surface area contributed by atoms with Gasteiger partial charge in [-0.1, -0.05) is 60.7 Å². The Kier molecular flexibility index (Phi) is 3.31. The molecule has 3 rings (SSSR count). The summed E-state index contributed by atoms with van der Waals surface area (Å²) < 4.78 is 1.13. The normalized spacial score (nSPS) is 10.5. The fourth-order valence-electron chi connectivity index (χ4n) is 1.84. The molecule has 2 heteroatoms. The summed E-state index contributed by atoms with van der Waals surface area (Å²) in [5, 5.41) is 0. The van der Waals surface area contributed by atoms with Gasteiger partial charge in [0.2, 0.25) is 0 Å². The Morgan fingerprint density at radius 2 is 1.33 bits per heavy atom. The third kappa shape index (κ3) is 2.26. The van der Waals surface area contributed by atoms with Crippen LogP contribution >= 0.6 is 27.3 Å². The molecule has 0 saturated heterocycles. The van der Waals surface area contributed by atoms with E-state index in [0.717, 1.165) is 9.35 Å². The summed E-state index contributed by atoms with van der Waals surface area (Å²) in [7, 11) is 0. The lowest BCUT2D eigenvalue weighted by atomic mass is 10.1. The summed E-state index contributed by atoms with van der Waals surface area (Å²) in [6, 6.07) is 24.2. The minimum atomic E-state index is 1.13. The van der Waals surface area contributed by atoms with Crippen LogP contribution in [0.2, 0.25) is 0 Å². The first-order valence-corrected chi connectivity index (χ1v) is 7.28. The summed E-state index contributed by atoms with van der Waals surface area (Å²) in [5.41, 5.74) is 3.55. The van der Waals surface area contributed by atoms with Gasteiger partial charge in [0.1, 0.15) is 0 Å². The van der Waals surface area contributed by atoms with Crippen molar-refractivity contribution in [2.24, 2.45) is 0 Å². The van der Waals surface area contributed by atoms with Gasteiger partial charge in [0.25, 0.3) is 0 Å². The predicted octanol–water partition coefficient (Wildman–Crippen LogP) is 5.64. The van der Waals surface area contributed by atoms with E-state index in [1.807, 2.05) is 12.1 Å². The molecule has 0 atom stereocenters. The van der Waals surface area contributed by atoms with E-state index < -0.39 is 0 Å². The number of hydrogen-bond acceptors (Lipinski definition) is 1. The van der Waals surface area contributed by atoms with E-state index in [2.05, 4.69) is 70.5 Å². The zero-order chi connectivity index (χ0) is 12.4. The first-order chi connectivity index (χ1) is 8.84. The molecule has 87 valence electrons. The highest BCUT2D eigenvalue weighted by molar-refractivity contribution is 9.11. The molecule has 1 radical (unpaired) electrons. The van der Waals surface area contributed by atoms with Crippen molar-refractivity contribution in [2.75, 3.05) is 0 Å². The van der Waals surface area contributed by atoms with Crippen molar-refractivity contribution in [3.8, 4) is 21.6 Å². The zero-order valence-electron chi connectivity index (χ0n) is 9.56. The van der Waals surface area contributed by atoms with Gasteiger partial charge in [-0.3, -0.25) is 0 Å². The van der Waals surface area contributed by atoms with Gasteiger partial charge in [-0.25, -0.2) is 0 Å². The Labute approximate surface area is 119 Å². The second-order valence-corrected chi connectivity index (χ2v) is 6.28. The number of hydrogen-bond donors (Lipinski definition) is 0. The average Bonchev–Trinajstić information content (AvgIpc) is 2.83. The van der Waals surface area contributed by atoms with E-state index in [-0.39, 0.29) is 0 Å². The number of benzene rings is 2. The molecule has 0 amide bonds. The van der Waals surface area contributed by atoms with Gasteiger partial charge >= 0.3 is 0 Å². The molecule has 0 unspecified atom stereocenters. The molecule has 3 aromatic rings. The minimum Gasteiger partial charge on any atom is -0.127 e. The molecule has 2 aromatic carbocycles. The smallest absolute Gasteiger partial charge is 0.0789 e. The molecule has 1 heterocycles. The van der Waals surface area contributed by atoms with E-state index in [1.54, 1.807) is 11.3 Å². The molecule has 0 fully saturated rings. The highest BCUT2D eigenvalue weighted by Gasteiger charge is 2.10. The lowest BCUT2D eigenvalue weighted by molar-refractivity contribution is 1.65. The maximum atomic E-state index is 3.64. The summed E-state index contributed by atoms with van der Waals surface area (Å²) in [6.45, 7) is 0. The van der Waals surface area contributed by atoms with Crippen LogP contribution in [0, 0.1) is 6.07 Å². The van der Waals surface area contributed by atoms with Gasteiger partial charge in [-0.2, -0.15) is 0 Å². The fourth-order valence-corrected chi connectivity index (χ4v) is 3.51. The van der Waals surface area contributed by atoms with E-state index >= 15 is 0 Å². The highest BCUT2D eigenvalue weighted by atomic mass is 79.9. The Morgan fingerprint density at radius 1 is 0.778 bits per heavy atom. The van der Waals surface area contributed by atoms with Crippen molar-refractivity contribution in [2.45, 2.75) is 0 Å². The van der Waals surface area contributed by atoms with Crippen LogP contribution in [-0.4, -0.2) is 0 Å². The zero-order valence-corrected chi connectivity index (χ0v) is 12.0. The third-order valence-electron chi connectivity index (χ3n) is 2.73. The van der Waals surface area contributed by atoms with Crippen molar-refractivity contribution in [3.63, 3.8) is 0 Å². The minimum absolute atomic E-state index is 1.13. The van der Waals surface area contributed by atoms with Gasteiger partial charge in [-0.05, 0) is 27.1 Å². The fraction of sp³-hybridized carbons (Fsp3) is 0. The van der Waals surface area contributed by atoms with Crippen molar-refractivity contribution in [3.05, 3.63) is 70.5 Å². The molecule has 0 aliphatic carbocycles. The molecule has 0 bridgehead atoms. The van der Waals surface area contributed by atoms with Crippen LogP contribution in [0.3, 0.4) is 0 Å². The van der Waals surface area contributed by atoms with Gasteiger partial charge in [-0.15, -0.1) is 11.3 Å². The molecule has 0 N–H and O–H groups in total. The molecule has 0 aliphatic rings. The van der Waals surface area contributed by atoms with Crippen molar-refractivity contribution in [1.29, 1.82) is 0 Å². The van der Waals surface area contributed by atoms with E-state index in [0.29, 0.717) is 0 Å². The van der Waals surface area contributed by atoms with Crippen LogP contribution in [0.25, 0.3) is 21.6 Å². The summed E-state index contributed by atoms with van der Waals surface area (Å²) >= 11 is 5.36. The third-order valence-corrected chi connectivity index (χ3v) is 4.53. The van der Waals surface area contributed by atoms with E-state index in [4.69, 9.17) is 0 Å². The molecule has 0 nitrogen and oxygen atoms in total. The monoisotopic (exact) mass is 313 g/mol. The van der Waals surface area contributed by atoms with Crippen molar-refractivity contribution in [1.82, 2.24) is 0 Å². The van der Waals surface area contributed by atoms with Crippen LogP contribution in [0.5, 0.6) is 0 Å². The Morgan fingerprint density at radius 3 is 1.94 bits per heavy atom. The molecule has 0 spiro atoms. The predicted molar refractivity (Wildman–Crippen MR) is 81.7 cm³/mol. The van der Waals surface area contributed by atoms with Crippen molar-refractivity contribution < 1.29 is 0 Å². The lowest BCUT2D eigenvalue weighted by Gasteiger charge is -1.96. The standard InChI is InChI=1S/C16H10BrS/c17-16-14(12-7-3-1-4-8-12)11-15(18-16)13-9-5-2-6-10-13/h1-10H. The molecule has 18 heavy (non-hydrogen) atoms. The van der Waals surface area contributed by atoms with Crippen LogP contribution < -0.4 is 0 Å². The Hall–Kier alpha value is -1.38. The van der Waals surface area contributed by atoms with Crippen molar-refractivity contribution >= 4 is 27.3 Å². The quantitative estimate of drug-likeness (QED) is 0.574. The van der Waals surface area contributed by atoms with Crippen LogP contribution in [0.15, 0.2) is 64.5 Å². The maximum absolute atomic E-state index is 3.64. The summed E-state index contributed by atoms with van der Waals surface area (Å²) in [5.74, 6) is 0. The Balaban J connectivity index is 2.07. The first kappa shape index (κ1) is 11.7. The average molecular weight is 314 g/mol. The van der Waals surface area contributed by atoms with Gasteiger partial charge in [0.15, 0.2) is 0 Å². The second kappa shape index (κ2) is 5.09. The Bertz CT molecular complexity index is 641. The highest BCUT2D eigenvalue weighted by Crippen LogP contribution is 2.39. The van der Waals surface area contributed by atoms with Crippen LogP contribution in [0.4, 0.5) is 0 Å². The molecular weight excluding hydrogens is 304 g/mol. The SMILES string of the molecule is Brc1sc(-c2ccccc2)[c]c1-c1ccccc1. The van der Waals surface area contributed by atoms with Gasteiger partial charge in [0.05, 0.1) is 3.79 Å². The molecular formula is C16H10BrS. The number of rotatable bonds is 2. The van der Waals surface area contributed by atoms with Gasteiger partial charge in [0, 0.05) is 16.5 Å². The topological polar surface area (TPSA) is 0 Å². The van der Waals surface area contributed by atoms with E-state index in [1.165, 1.54) is 16.0 Å². The van der Waals surface area contributed by atoms with Gasteiger partial charge < -0.3 is 0 Å². The summed E-state index contributed by atoms with van der Waals surface area (Å²) in [6.07, 6.45) is 0. The first-order valence-electron chi connectivity index (χ1n) is 5.67. The van der Waals surface area contributed by atoms with E-state index in [9.17, 15) is 0 Å². The molecule has 0 aliphatic heterocycles. The number of thiophene rings is 1. The maximum Gasteiger partial charge on any atom is 0.0789 e. The van der Waals surface area contributed by atoms with Crippen LogP contribution in [-0.2, 0) is 0 Å².